The largest absolute Gasteiger partial charge is 0.598 e. The summed E-state index contributed by atoms with van der Waals surface area (Å²) in [4.78, 5) is 11.3. The number of carbonyl (C=O) groups is 1. The Kier molecular flexibility index (Phi) is 6.15. The van der Waals surface area contributed by atoms with Crippen LogP contribution in [0.15, 0.2) is 0 Å². The van der Waals surface area contributed by atoms with Crippen LogP contribution in [0.3, 0.4) is 0 Å². The molecule has 5 heteroatoms. The maximum atomic E-state index is 12.2. The first-order chi connectivity index (χ1) is 8.74. The highest BCUT2D eigenvalue weighted by molar-refractivity contribution is 7.90. The lowest BCUT2D eigenvalue weighted by Crippen LogP contribution is -2.49. The Morgan fingerprint density at radius 2 is 2.16 bits per heavy atom. The zero-order valence-electron chi connectivity index (χ0n) is 12.7. The zero-order chi connectivity index (χ0) is 14.6. The van der Waals surface area contributed by atoms with E-state index in [-0.39, 0.29) is 22.9 Å². The van der Waals surface area contributed by atoms with Gasteiger partial charge in [0.15, 0.2) is 0 Å². The molecule has 0 radical (unpaired) electrons. The van der Waals surface area contributed by atoms with Crippen LogP contribution in [-0.4, -0.2) is 27.4 Å². The number of esters is 1. The van der Waals surface area contributed by atoms with Gasteiger partial charge < -0.3 is 9.29 Å². The van der Waals surface area contributed by atoms with E-state index in [2.05, 4.69) is 18.6 Å². The van der Waals surface area contributed by atoms with Gasteiger partial charge in [0.1, 0.15) is 10.9 Å². The average Bonchev–Trinajstić information content (AvgIpc) is 2.73. The van der Waals surface area contributed by atoms with E-state index in [0.717, 1.165) is 19.3 Å². The van der Waals surface area contributed by atoms with E-state index in [1.807, 2.05) is 20.8 Å². The highest BCUT2D eigenvalue weighted by Gasteiger charge is 2.37. The minimum Gasteiger partial charge on any atom is -0.598 e. The number of hydrogen-bond donors (Lipinski definition) is 1. The first-order valence-corrected chi connectivity index (χ1v) is 8.26. The molecule has 4 nitrogen and oxygen atoms in total. The van der Waals surface area contributed by atoms with Gasteiger partial charge in [-0.15, -0.1) is 4.72 Å². The lowest BCUT2D eigenvalue weighted by atomic mass is 9.95. The van der Waals surface area contributed by atoms with Gasteiger partial charge in [0.05, 0.1) is 6.04 Å². The average molecular weight is 289 g/mol. The molecule has 1 aliphatic heterocycles. The monoisotopic (exact) mass is 289 g/mol. The molecule has 0 aromatic rings. The third kappa shape index (κ3) is 5.32. The van der Waals surface area contributed by atoms with E-state index in [1.165, 1.54) is 0 Å². The Labute approximate surface area is 120 Å². The summed E-state index contributed by atoms with van der Waals surface area (Å²) in [5.74, 6) is 0.385. The summed E-state index contributed by atoms with van der Waals surface area (Å²) in [6.07, 6.45) is 3.03. The number of nitrogens with one attached hydrogen (secondary N) is 1. The summed E-state index contributed by atoms with van der Waals surface area (Å²) in [7, 11) is 0. The van der Waals surface area contributed by atoms with Crippen molar-refractivity contribution in [1.82, 2.24) is 4.72 Å². The third-order valence-corrected chi connectivity index (χ3v) is 5.16. The lowest BCUT2D eigenvalue weighted by Gasteiger charge is -2.31. The van der Waals surface area contributed by atoms with Crippen molar-refractivity contribution in [2.45, 2.75) is 77.2 Å². The standard InChI is InChI=1S/C14H27NO3S/c1-6-10(2)9-11(12-7-8-13(16)18-12)15-19(17)14(3,4)5/h10-12,15H,6-9H2,1-5H3/t10-,11-,12+,19+/m1/s1. The second-order valence-corrected chi connectivity index (χ2v) is 8.42. The summed E-state index contributed by atoms with van der Waals surface area (Å²) >= 11 is -1.13. The maximum Gasteiger partial charge on any atom is 0.306 e. The van der Waals surface area contributed by atoms with Crippen LogP contribution >= 0.6 is 0 Å². The molecule has 1 fully saturated rings. The van der Waals surface area contributed by atoms with Crippen molar-refractivity contribution in [2.75, 3.05) is 0 Å². The molecule has 4 atom stereocenters. The molecule has 0 aromatic carbocycles. The van der Waals surface area contributed by atoms with E-state index in [9.17, 15) is 9.35 Å². The smallest absolute Gasteiger partial charge is 0.306 e. The molecule has 0 aliphatic carbocycles. The number of hydrogen-bond acceptors (Lipinski definition) is 4. The van der Waals surface area contributed by atoms with Crippen LogP contribution in [0.5, 0.6) is 0 Å². The molecule has 0 aromatic heterocycles. The van der Waals surface area contributed by atoms with Crippen molar-refractivity contribution in [2.24, 2.45) is 5.92 Å². The SMILES string of the molecule is CC[C@@H](C)C[C@@H](N[S@@+]([O-])C(C)(C)C)[C@@H]1CCC(=O)O1. The van der Waals surface area contributed by atoms with Crippen molar-refractivity contribution in [1.29, 1.82) is 0 Å². The Balaban J connectivity index is 2.66. The van der Waals surface area contributed by atoms with Crippen LogP contribution in [-0.2, 0) is 20.9 Å². The first kappa shape index (κ1) is 16.8. The second-order valence-electron chi connectivity index (χ2n) is 6.42. The number of rotatable bonds is 6. The van der Waals surface area contributed by atoms with Crippen LogP contribution in [0, 0.1) is 5.92 Å². The molecule has 0 saturated carbocycles. The molecule has 0 amide bonds. The predicted octanol–water partition coefficient (Wildman–Crippen LogP) is 2.55. The quantitative estimate of drug-likeness (QED) is 0.603. The fraction of sp³-hybridized carbons (Fsp3) is 0.929. The van der Waals surface area contributed by atoms with E-state index in [4.69, 9.17) is 4.74 Å². The van der Waals surface area contributed by atoms with Gasteiger partial charge in [0.25, 0.3) is 0 Å². The molecule has 1 heterocycles. The fourth-order valence-corrected chi connectivity index (χ4v) is 2.90. The Hall–Kier alpha value is -0.260. The molecule has 112 valence electrons. The molecular formula is C14H27NO3S. The zero-order valence-corrected chi connectivity index (χ0v) is 13.5. The van der Waals surface area contributed by atoms with Crippen LogP contribution < -0.4 is 4.72 Å². The van der Waals surface area contributed by atoms with Gasteiger partial charge in [0, 0.05) is 17.8 Å². The molecule has 1 N–H and O–H groups in total. The Bertz CT molecular complexity index is 304. The molecule has 0 bridgehead atoms. The molecule has 0 spiro atoms. The minimum atomic E-state index is -1.13. The minimum absolute atomic E-state index is 0.0125. The van der Waals surface area contributed by atoms with Crippen molar-refractivity contribution in [3.05, 3.63) is 0 Å². The third-order valence-electron chi connectivity index (χ3n) is 3.53. The molecule has 0 unspecified atom stereocenters. The normalized spacial score (nSPS) is 24.9. The molecular weight excluding hydrogens is 262 g/mol. The van der Waals surface area contributed by atoms with Gasteiger partial charge in [-0.3, -0.25) is 4.79 Å². The topological polar surface area (TPSA) is 61.4 Å². The van der Waals surface area contributed by atoms with Crippen molar-refractivity contribution in [3.8, 4) is 0 Å². The van der Waals surface area contributed by atoms with Gasteiger partial charge in [0.2, 0.25) is 0 Å². The van der Waals surface area contributed by atoms with Crippen LogP contribution in [0.1, 0.15) is 60.3 Å². The van der Waals surface area contributed by atoms with Crippen molar-refractivity contribution >= 4 is 17.3 Å². The van der Waals surface area contributed by atoms with Crippen molar-refractivity contribution in [3.63, 3.8) is 0 Å². The highest BCUT2D eigenvalue weighted by Crippen LogP contribution is 2.25. The summed E-state index contributed by atoms with van der Waals surface area (Å²) < 4.78 is 20.5. The molecule has 1 saturated heterocycles. The molecule has 1 aliphatic rings. The number of carbonyl (C=O) groups excluding carboxylic acids is 1. The molecule has 19 heavy (non-hydrogen) atoms. The molecule has 1 rings (SSSR count). The summed E-state index contributed by atoms with van der Waals surface area (Å²) in [6.45, 7) is 10.1. The van der Waals surface area contributed by atoms with Crippen LogP contribution in [0.2, 0.25) is 0 Å². The van der Waals surface area contributed by atoms with E-state index in [0.29, 0.717) is 12.3 Å². The van der Waals surface area contributed by atoms with E-state index in [1.54, 1.807) is 0 Å². The van der Waals surface area contributed by atoms with Gasteiger partial charge in [-0.25, -0.2) is 0 Å². The lowest BCUT2D eigenvalue weighted by molar-refractivity contribution is -0.142. The summed E-state index contributed by atoms with van der Waals surface area (Å²) in [5, 5.41) is 0. The van der Waals surface area contributed by atoms with Gasteiger partial charge in [-0.05, 0) is 39.5 Å². The number of cyclic esters (lactones) is 1. The van der Waals surface area contributed by atoms with Gasteiger partial charge in [-0.1, -0.05) is 20.3 Å². The Morgan fingerprint density at radius 3 is 2.58 bits per heavy atom. The van der Waals surface area contributed by atoms with Crippen LogP contribution in [0.25, 0.3) is 0 Å². The van der Waals surface area contributed by atoms with E-state index >= 15 is 0 Å². The van der Waals surface area contributed by atoms with Gasteiger partial charge >= 0.3 is 5.97 Å². The van der Waals surface area contributed by atoms with Gasteiger partial charge in [-0.2, -0.15) is 0 Å². The first-order valence-electron chi connectivity index (χ1n) is 7.11. The second kappa shape index (κ2) is 6.95. The summed E-state index contributed by atoms with van der Waals surface area (Å²) in [5.41, 5.74) is 0. The highest BCUT2D eigenvalue weighted by atomic mass is 32.2. The summed E-state index contributed by atoms with van der Waals surface area (Å²) in [6, 6.07) is -0.0125. The van der Waals surface area contributed by atoms with Crippen LogP contribution in [0.4, 0.5) is 0 Å². The number of ether oxygens (including phenoxy) is 1. The predicted molar refractivity (Wildman–Crippen MR) is 78.0 cm³/mol. The maximum absolute atomic E-state index is 12.2. The van der Waals surface area contributed by atoms with Crippen molar-refractivity contribution < 1.29 is 14.1 Å². The van der Waals surface area contributed by atoms with E-state index < -0.39 is 11.4 Å². The Morgan fingerprint density at radius 1 is 1.53 bits per heavy atom. The fourth-order valence-electron chi connectivity index (χ4n) is 2.02.